The van der Waals surface area contributed by atoms with Crippen LogP contribution in [0.1, 0.15) is 29.8 Å². The van der Waals surface area contributed by atoms with E-state index in [1.807, 2.05) is 13.8 Å². The number of aryl methyl sites for hydroxylation is 1. The first-order valence-corrected chi connectivity index (χ1v) is 4.47. The maximum Gasteiger partial charge on any atom is 0.154 e. The van der Waals surface area contributed by atoms with Gasteiger partial charge in [0.1, 0.15) is 5.75 Å². The predicted octanol–water partition coefficient (Wildman–Crippen LogP) is 3.19. The van der Waals surface area contributed by atoms with Gasteiger partial charge in [-0.05, 0) is 24.6 Å². The van der Waals surface area contributed by atoms with Gasteiger partial charge in [-0.15, -0.1) is 0 Å². The van der Waals surface area contributed by atoms with Gasteiger partial charge in [0.2, 0.25) is 0 Å². The van der Waals surface area contributed by atoms with Crippen molar-refractivity contribution in [2.45, 2.75) is 20.8 Å². The SMILES string of the molecule is CC.Cc1cc(Cl)cc(O)c1C=O. The maximum absolute atomic E-state index is 10.4. The van der Waals surface area contributed by atoms with E-state index in [1.54, 1.807) is 13.0 Å². The second kappa shape index (κ2) is 5.60. The third kappa shape index (κ3) is 3.07. The molecule has 1 aromatic rings. The molecule has 13 heavy (non-hydrogen) atoms. The molecule has 0 atom stereocenters. The Kier molecular flexibility index (Phi) is 5.16. The third-order valence-corrected chi connectivity index (χ3v) is 1.67. The molecule has 1 rings (SSSR count). The molecular formula is C10H13ClO2. The molecule has 0 unspecified atom stereocenters. The Morgan fingerprint density at radius 1 is 1.38 bits per heavy atom. The van der Waals surface area contributed by atoms with E-state index in [9.17, 15) is 4.79 Å². The van der Waals surface area contributed by atoms with Crippen molar-refractivity contribution < 1.29 is 9.90 Å². The highest BCUT2D eigenvalue weighted by molar-refractivity contribution is 6.30. The number of carbonyl (C=O) groups is 1. The van der Waals surface area contributed by atoms with Gasteiger partial charge in [0.05, 0.1) is 5.56 Å². The number of carbonyl (C=O) groups excluding carboxylic acids is 1. The number of hydrogen-bond acceptors (Lipinski definition) is 2. The van der Waals surface area contributed by atoms with Gasteiger partial charge in [0.25, 0.3) is 0 Å². The lowest BCUT2D eigenvalue weighted by molar-refractivity contribution is 0.112. The summed E-state index contributed by atoms with van der Waals surface area (Å²) in [6, 6.07) is 2.98. The zero-order valence-corrected chi connectivity index (χ0v) is 8.72. The van der Waals surface area contributed by atoms with Crippen LogP contribution in [0, 0.1) is 6.92 Å². The number of benzene rings is 1. The van der Waals surface area contributed by atoms with Crippen molar-refractivity contribution in [3.63, 3.8) is 0 Å². The fraction of sp³-hybridized carbons (Fsp3) is 0.300. The van der Waals surface area contributed by atoms with Gasteiger partial charge in [-0.3, -0.25) is 4.79 Å². The van der Waals surface area contributed by atoms with Gasteiger partial charge in [0.15, 0.2) is 6.29 Å². The fourth-order valence-electron chi connectivity index (χ4n) is 0.890. The topological polar surface area (TPSA) is 37.3 Å². The molecule has 0 aromatic heterocycles. The molecule has 0 saturated heterocycles. The number of halogens is 1. The first-order valence-electron chi connectivity index (χ1n) is 4.09. The summed E-state index contributed by atoms with van der Waals surface area (Å²) in [7, 11) is 0. The molecular weight excluding hydrogens is 188 g/mol. The Hall–Kier alpha value is -1.02. The molecule has 1 aromatic carbocycles. The van der Waals surface area contributed by atoms with Crippen LogP contribution in [-0.2, 0) is 0 Å². The van der Waals surface area contributed by atoms with Crippen LogP contribution in [0.5, 0.6) is 5.75 Å². The average molecular weight is 201 g/mol. The van der Waals surface area contributed by atoms with Gasteiger partial charge in [0, 0.05) is 5.02 Å². The molecule has 2 nitrogen and oxygen atoms in total. The van der Waals surface area contributed by atoms with Crippen molar-refractivity contribution in [1.29, 1.82) is 0 Å². The Morgan fingerprint density at radius 3 is 2.31 bits per heavy atom. The highest BCUT2D eigenvalue weighted by Gasteiger charge is 2.04. The lowest BCUT2D eigenvalue weighted by atomic mass is 10.1. The number of phenolic OH excluding ortho intramolecular Hbond substituents is 1. The minimum atomic E-state index is -0.0648. The summed E-state index contributed by atoms with van der Waals surface area (Å²) in [6.45, 7) is 5.72. The van der Waals surface area contributed by atoms with E-state index in [0.29, 0.717) is 22.4 Å². The zero-order chi connectivity index (χ0) is 10.4. The van der Waals surface area contributed by atoms with Gasteiger partial charge in [-0.25, -0.2) is 0 Å². The Labute approximate surface area is 83.2 Å². The highest BCUT2D eigenvalue weighted by Crippen LogP contribution is 2.23. The Balaban J connectivity index is 0.000000671. The average Bonchev–Trinajstić information content (AvgIpc) is 2.07. The molecule has 0 radical (unpaired) electrons. The lowest BCUT2D eigenvalue weighted by Crippen LogP contribution is -1.86. The molecule has 0 fully saturated rings. The summed E-state index contributed by atoms with van der Waals surface area (Å²) in [5, 5.41) is 9.59. The quantitative estimate of drug-likeness (QED) is 0.707. The van der Waals surface area contributed by atoms with Crippen LogP contribution >= 0.6 is 11.6 Å². The second-order valence-corrected chi connectivity index (χ2v) is 2.71. The van der Waals surface area contributed by atoms with Gasteiger partial charge < -0.3 is 5.11 Å². The minimum Gasteiger partial charge on any atom is -0.507 e. The van der Waals surface area contributed by atoms with Crippen LogP contribution in [0.4, 0.5) is 0 Å². The van der Waals surface area contributed by atoms with Crippen LogP contribution in [0.15, 0.2) is 12.1 Å². The van der Waals surface area contributed by atoms with Crippen molar-refractivity contribution in [3.8, 4) is 5.75 Å². The molecule has 0 heterocycles. The Bertz CT molecular complexity index is 272. The lowest BCUT2D eigenvalue weighted by Gasteiger charge is -2.01. The summed E-state index contributed by atoms with van der Waals surface area (Å²) in [4.78, 5) is 10.4. The zero-order valence-electron chi connectivity index (χ0n) is 7.97. The van der Waals surface area contributed by atoms with Crippen molar-refractivity contribution in [2.24, 2.45) is 0 Å². The van der Waals surface area contributed by atoms with Crippen LogP contribution in [0.3, 0.4) is 0 Å². The van der Waals surface area contributed by atoms with E-state index in [2.05, 4.69) is 0 Å². The van der Waals surface area contributed by atoms with Crippen LogP contribution in [0.25, 0.3) is 0 Å². The van der Waals surface area contributed by atoms with Crippen molar-refractivity contribution in [3.05, 3.63) is 28.3 Å². The third-order valence-electron chi connectivity index (χ3n) is 1.45. The maximum atomic E-state index is 10.4. The number of aldehydes is 1. The number of aromatic hydroxyl groups is 1. The number of rotatable bonds is 1. The summed E-state index contributed by atoms with van der Waals surface area (Å²) < 4.78 is 0. The smallest absolute Gasteiger partial charge is 0.154 e. The largest absolute Gasteiger partial charge is 0.507 e. The minimum absolute atomic E-state index is 0.0648. The molecule has 0 aliphatic carbocycles. The van der Waals surface area contributed by atoms with E-state index in [0.717, 1.165) is 0 Å². The van der Waals surface area contributed by atoms with E-state index in [4.69, 9.17) is 16.7 Å². The second-order valence-electron chi connectivity index (χ2n) is 2.27. The molecule has 0 aliphatic heterocycles. The van der Waals surface area contributed by atoms with Gasteiger partial charge >= 0.3 is 0 Å². The normalized spacial score (nSPS) is 8.62. The van der Waals surface area contributed by atoms with Gasteiger partial charge in [-0.1, -0.05) is 25.4 Å². The first kappa shape index (κ1) is 12.0. The molecule has 1 N–H and O–H groups in total. The summed E-state index contributed by atoms with van der Waals surface area (Å²) in [5.74, 6) is -0.0648. The molecule has 0 saturated carbocycles. The molecule has 72 valence electrons. The van der Waals surface area contributed by atoms with Crippen molar-refractivity contribution in [2.75, 3.05) is 0 Å². The van der Waals surface area contributed by atoms with E-state index in [1.165, 1.54) is 6.07 Å². The number of hydrogen-bond donors (Lipinski definition) is 1. The summed E-state index contributed by atoms with van der Waals surface area (Å²) in [5.41, 5.74) is 0.986. The molecule has 0 bridgehead atoms. The molecule has 0 spiro atoms. The summed E-state index contributed by atoms with van der Waals surface area (Å²) >= 11 is 5.60. The van der Waals surface area contributed by atoms with Crippen molar-refractivity contribution in [1.82, 2.24) is 0 Å². The van der Waals surface area contributed by atoms with Crippen LogP contribution in [-0.4, -0.2) is 11.4 Å². The van der Waals surface area contributed by atoms with Crippen molar-refractivity contribution >= 4 is 17.9 Å². The van der Waals surface area contributed by atoms with Gasteiger partial charge in [-0.2, -0.15) is 0 Å². The molecule has 0 aliphatic rings. The van der Waals surface area contributed by atoms with E-state index in [-0.39, 0.29) is 5.75 Å². The van der Waals surface area contributed by atoms with Crippen LogP contribution < -0.4 is 0 Å². The predicted molar refractivity (Wildman–Crippen MR) is 54.6 cm³/mol. The fourth-order valence-corrected chi connectivity index (χ4v) is 1.16. The number of phenols is 1. The van der Waals surface area contributed by atoms with Crippen LogP contribution in [0.2, 0.25) is 5.02 Å². The van der Waals surface area contributed by atoms with E-state index >= 15 is 0 Å². The molecule has 3 heteroatoms. The summed E-state index contributed by atoms with van der Waals surface area (Å²) in [6.07, 6.45) is 0.612. The first-order chi connectivity index (χ1) is 6.15. The molecule has 0 amide bonds. The standard InChI is InChI=1S/C8H7ClO2.C2H6/c1-5-2-6(9)3-8(11)7(5)4-10;1-2/h2-4,11H,1H3;1-2H3. The monoisotopic (exact) mass is 200 g/mol. The Morgan fingerprint density at radius 2 is 1.92 bits per heavy atom. The van der Waals surface area contributed by atoms with E-state index < -0.39 is 0 Å². The highest BCUT2D eigenvalue weighted by atomic mass is 35.5.